The molecule has 8 nitrogen and oxygen atoms in total. The van der Waals surface area contributed by atoms with Gasteiger partial charge in [-0.05, 0) is 62.8 Å². The molecule has 1 heterocycles. The molecule has 1 saturated heterocycles. The molecule has 1 N–H and O–H groups in total. The van der Waals surface area contributed by atoms with Gasteiger partial charge in [0, 0.05) is 38.3 Å². The zero-order valence-corrected chi connectivity index (χ0v) is 19.1. The van der Waals surface area contributed by atoms with Crippen LogP contribution in [0.25, 0.3) is 0 Å². The Morgan fingerprint density at radius 2 is 1.78 bits per heavy atom. The SMILES string of the molecule is CCN(c1ccccc1)S(=O)(=O)c1ccc(NC2CCN(CC3CC3)CC2)c([N+](=O)[O-])c1. The summed E-state index contributed by atoms with van der Waals surface area (Å²) in [6, 6.07) is 13.1. The second-order valence-electron chi connectivity index (χ2n) is 8.60. The summed E-state index contributed by atoms with van der Waals surface area (Å²) < 4.78 is 27.8. The third-order valence-electron chi connectivity index (χ3n) is 6.25. The lowest BCUT2D eigenvalue weighted by Gasteiger charge is -2.32. The molecule has 1 aliphatic carbocycles. The normalized spacial score (nSPS) is 17.8. The van der Waals surface area contributed by atoms with Gasteiger partial charge in [0.2, 0.25) is 0 Å². The predicted octanol–water partition coefficient (Wildman–Crippen LogP) is 4.10. The van der Waals surface area contributed by atoms with Crippen molar-refractivity contribution in [3.05, 3.63) is 58.6 Å². The minimum atomic E-state index is -3.93. The zero-order valence-electron chi connectivity index (χ0n) is 18.3. The summed E-state index contributed by atoms with van der Waals surface area (Å²) in [6.07, 6.45) is 4.50. The molecule has 0 amide bonds. The van der Waals surface area contributed by atoms with E-state index in [1.807, 2.05) is 6.07 Å². The van der Waals surface area contributed by atoms with Crippen molar-refractivity contribution >= 4 is 27.1 Å². The van der Waals surface area contributed by atoms with Crippen molar-refractivity contribution < 1.29 is 13.3 Å². The number of anilines is 2. The van der Waals surface area contributed by atoms with E-state index in [2.05, 4.69) is 10.2 Å². The van der Waals surface area contributed by atoms with Crippen LogP contribution in [0.5, 0.6) is 0 Å². The smallest absolute Gasteiger partial charge is 0.293 e. The number of para-hydroxylation sites is 1. The van der Waals surface area contributed by atoms with E-state index in [4.69, 9.17) is 0 Å². The molecule has 9 heteroatoms. The number of nitro benzene ring substituents is 1. The number of likely N-dealkylation sites (tertiary alicyclic amines) is 1. The average molecular weight is 459 g/mol. The van der Waals surface area contributed by atoms with Gasteiger partial charge < -0.3 is 10.2 Å². The molecule has 172 valence electrons. The highest BCUT2D eigenvalue weighted by molar-refractivity contribution is 7.92. The number of benzene rings is 2. The van der Waals surface area contributed by atoms with Gasteiger partial charge in [-0.2, -0.15) is 0 Å². The fraction of sp³-hybridized carbons (Fsp3) is 0.478. The number of nitrogens with zero attached hydrogens (tertiary/aromatic N) is 3. The average Bonchev–Trinajstić information content (AvgIpc) is 3.60. The maximum atomic E-state index is 13.2. The van der Waals surface area contributed by atoms with Gasteiger partial charge in [-0.1, -0.05) is 18.2 Å². The largest absolute Gasteiger partial charge is 0.377 e. The number of rotatable bonds is 9. The maximum Gasteiger partial charge on any atom is 0.293 e. The van der Waals surface area contributed by atoms with Crippen molar-refractivity contribution in [2.45, 2.75) is 43.5 Å². The van der Waals surface area contributed by atoms with Crippen LogP contribution in [0, 0.1) is 16.0 Å². The molecule has 0 aromatic heterocycles. The standard InChI is InChI=1S/C23H30N4O4S/c1-2-26(20-6-4-3-5-7-20)32(30,31)21-10-11-22(23(16-21)27(28)29)24-19-12-14-25(15-13-19)17-18-8-9-18/h3-7,10-11,16,18-19,24H,2,8-9,12-15,17H2,1H3. The fourth-order valence-corrected chi connectivity index (χ4v) is 5.80. The molecule has 1 aliphatic heterocycles. The first-order valence-electron chi connectivity index (χ1n) is 11.2. The van der Waals surface area contributed by atoms with Crippen LogP contribution in [-0.2, 0) is 10.0 Å². The fourth-order valence-electron chi connectivity index (χ4n) is 4.30. The van der Waals surface area contributed by atoms with Gasteiger partial charge in [-0.25, -0.2) is 8.42 Å². The molecule has 2 fully saturated rings. The number of hydrogen-bond acceptors (Lipinski definition) is 6. The van der Waals surface area contributed by atoms with Crippen molar-refractivity contribution in [3.63, 3.8) is 0 Å². The quantitative estimate of drug-likeness (QED) is 0.449. The Labute approximate surface area is 189 Å². The molecule has 2 aromatic rings. The Hall–Kier alpha value is -2.65. The lowest BCUT2D eigenvalue weighted by molar-refractivity contribution is -0.384. The number of nitro groups is 1. The van der Waals surface area contributed by atoms with E-state index in [0.29, 0.717) is 11.4 Å². The molecule has 0 bridgehead atoms. The zero-order chi connectivity index (χ0) is 22.7. The third kappa shape index (κ3) is 5.05. The number of hydrogen-bond donors (Lipinski definition) is 1. The first-order valence-corrected chi connectivity index (χ1v) is 12.7. The summed E-state index contributed by atoms with van der Waals surface area (Å²) in [5.74, 6) is 0.855. The molecule has 0 spiro atoms. The van der Waals surface area contributed by atoms with Crippen LogP contribution in [0.4, 0.5) is 17.1 Å². The molecular formula is C23H30N4O4S. The maximum absolute atomic E-state index is 13.2. The summed E-state index contributed by atoms with van der Waals surface area (Å²) in [4.78, 5) is 13.7. The highest BCUT2D eigenvalue weighted by Gasteiger charge is 2.30. The molecule has 0 unspecified atom stereocenters. The summed E-state index contributed by atoms with van der Waals surface area (Å²) >= 11 is 0. The van der Waals surface area contributed by atoms with E-state index >= 15 is 0 Å². The van der Waals surface area contributed by atoms with E-state index in [-0.39, 0.29) is 23.2 Å². The van der Waals surface area contributed by atoms with E-state index in [0.717, 1.165) is 38.4 Å². The number of nitrogens with one attached hydrogen (secondary N) is 1. The first kappa shape index (κ1) is 22.5. The number of sulfonamides is 1. The summed E-state index contributed by atoms with van der Waals surface area (Å²) in [7, 11) is -3.93. The molecule has 0 atom stereocenters. The molecule has 0 radical (unpaired) electrons. The molecular weight excluding hydrogens is 428 g/mol. The van der Waals surface area contributed by atoms with Gasteiger partial charge in [-0.3, -0.25) is 14.4 Å². The minimum absolute atomic E-state index is 0.0836. The van der Waals surface area contributed by atoms with Gasteiger partial charge in [0.1, 0.15) is 5.69 Å². The van der Waals surface area contributed by atoms with Crippen LogP contribution in [-0.4, -0.2) is 50.5 Å². The van der Waals surface area contributed by atoms with E-state index in [1.165, 1.54) is 35.3 Å². The second kappa shape index (κ2) is 9.46. The molecule has 4 rings (SSSR count). The first-order chi connectivity index (χ1) is 15.4. The predicted molar refractivity (Wildman–Crippen MR) is 126 cm³/mol. The van der Waals surface area contributed by atoms with Crippen LogP contribution in [0.2, 0.25) is 0 Å². The Bertz CT molecular complexity index is 1050. The van der Waals surface area contributed by atoms with Crippen LogP contribution in [0.1, 0.15) is 32.6 Å². The van der Waals surface area contributed by atoms with Crippen molar-refractivity contribution in [2.75, 3.05) is 35.8 Å². The number of piperidine rings is 1. The Balaban J connectivity index is 1.52. The molecule has 2 aliphatic rings. The van der Waals surface area contributed by atoms with Crippen LogP contribution in [0.15, 0.2) is 53.4 Å². The van der Waals surface area contributed by atoms with Crippen molar-refractivity contribution in [1.29, 1.82) is 0 Å². The lowest BCUT2D eigenvalue weighted by atomic mass is 10.0. The summed E-state index contributed by atoms with van der Waals surface area (Å²) in [6.45, 7) is 5.09. The van der Waals surface area contributed by atoms with Crippen LogP contribution < -0.4 is 9.62 Å². The topological polar surface area (TPSA) is 95.8 Å². The Morgan fingerprint density at radius 3 is 2.38 bits per heavy atom. The third-order valence-corrected chi connectivity index (χ3v) is 8.14. The van der Waals surface area contributed by atoms with Gasteiger partial charge in [-0.15, -0.1) is 0 Å². The van der Waals surface area contributed by atoms with E-state index in [1.54, 1.807) is 31.2 Å². The Kier molecular flexibility index (Phi) is 6.66. The van der Waals surface area contributed by atoms with Crippen molar-refractivity contribution in [1.82, 2.24) is 4.90 Å². The molecule has 2 aromatic carbocycles. The molecule has 1 saturated carbocycles. The van der Waals surface area contributed by atoms with Gasteiger partial charge >= 0.3 is 0 Å². The highest BCUT2D eigenvalue weighted by Crippen LogP contribution is 2.33. The van der Waals surface area contributed by atoms with Crippen LogP contribution in [0.3, 0.4) is 0 Å². The van der Waals surface area contributed by atoms with Gasteiger partial charge in [0.05, 0.1) is 15.5 Å². The Morgan fingerprint density at radius 1 is 1.09 bits per heavy atom. The van der Waals surface area contributed by atoms with Crippen molar-refractivity contribution in [3.8, 4) is 0 Å². The lowest BCUT2D eigenvalue weighted by Crippen LogP contribution is -2.40. The minimum Gasteiger partial charge on any atom is -0.377 e. The van der Waals surface area contributed by atoms with Crippen molar-refractivity contribution in [2.24, 2.45) is 5.92 Å². The monoisotopic (exact) mass is 458 g/mol. The van der Waals surface area contributed by atoms with Gasteiger partial charge in [0.15, 0.2) is 0 Å². The summed E-state index contributed by atoms with van der Waals surface area (Å²) in [5, 5.41) is 15.1. The second-order valence-corrected chi connectivity index (χ2v) is 10.5. The molecule has 32 heavy (non-hydrogen) atoms. The highest BCUT2D eigenvalue weighted by atomic mass is 32.2. The van der Waals surface area contributed by atoms with E-state index < -0.39 is 14.9 Å². The van der Waals surface area contributed by atoms with E-state index in [9.17, 15) is 18.5 Å². The van der Waals surface area contributed by atoms with Gasteiger partial charge in [0.25, 0.3) is 15.7 Å². The van der Waals surface area contributed by atoms with Crippen LogP contribution >= 0.6 is 0 Å². The summed E-state index contributed by atoms with van der Waals surface area (Å²) in [5.41, 5.74) is 0.686.